The summed E-state index contributed by atoms with van der Waals surface area (Å²) in [7, 11) is 1.58. The zero-order valence-electron chi connectivity index (χ0n) is 15.4. The average Bonchev–Trinajstić information content (AvgIpc) is 3.54. The summed E-state index contributed by atoms with van der Waals surface area (Å²) in [5, 5.41) is 3.55. The van der Waals surface area contributed by atoms with Gasteiger partial charge in [-0.15, -0.1) is 0 Å². The van der Waals surface area contributed by atoms with E-state index < -0.39 is 0 Å². The summed E-state index contributed by atoms with van der Waals surface area (Å²) in [5.74, 6) is 0.598. The molecule has 2 amide bonds. The molecule has 6 heteroatoms. The van der Waals surface area contributed by atoms with Crippen molar-refractivity contribution in [1.82, 2.24) is 9.80 Å². The van der Waals surface area contributed by atoms with Gasteiger partial charge in [-0.05, 0) is 36.6 Å². The van der Waals surface area contributed by atoms with Crippen LogP contribution in [0.2, 0.25) is 5.02 Å². The number of ether oxygens (including phenoxy) is 1. The van der Waals surface area contributed by atoms with E-state index in [4.69, 9.17) is 16.3 Å². The summed E-state index contributed by atoms with van der Waals surface area (Å²) in [6.45, 7) is 2.48. The number of hydrogen-bond acceptors (Lipinski definition) is 3. The lowest BCUT2D eigenvalue weighted by Crippen LogP contribution is -2.52. The molecule has 1 saturated heterocycles. The van der Waals surface area contributed by atoms with Crippen LogP contribution in [0.5, 0.6) is 5.75 Å². The number of anilines is 1. The normalized spacial score (nSPS) is 20.4. The third-order valence-corrected chi connectivity index (χ3v) is 5.56. The van der Waals surface area contributed by atoms with E-state index in [1.165, 1.54) is 12.8 Å². The number of nitrogens with one attached hydrogen (secondary N) is 1. The first kappa shape index (κ1) is 18.1. The molecule has 1 atom stereocenters. The van der Waals surface area contributed by atoms with Crippen molar-refractivity contribution in [3.8, 4) is 5.75 Å². The van der Waals surface area contributed by atoms with Gasteiger partial charge in [0.05, 0.1) is 18.8 Å². The summed E-state index contributed by atoms with van der Waals surface area (Å²) in [6.07, 6.45) is 2.54. The molecule has 2 aliphatic rings. The summed E-state index contributed by atoms with van der Waals surface area (Å²) >= 11 is 6.10. The van der Waals surface area contributed by atoms with Crippen molar-refractivity contribution in [2.75, 3.05) is 32.1 Å². The van der Waals surface area contributed by atoms with Crippen LogP contribution in [0.15, 0.2) is 48.5 Å². The van der Waals surface area contributed by atoms with Crippen molar-refractivity contribution in [2.45, 2.75) is 24.9 Å². The quantitative estimate of drug-likeness (QED) is 0.848. The van der Waals surface area contributed by atoms with Crippen LogP contribution in [-0.2, 0) is 0 Å². The van der Waals surface area contributed by atoms with Gasteiger partial charge in [0, 0.05) is 30.7 Å². The standard InChI is InChI=1S/C21H24ClN3O2/c1-27-20-10-7-16(22)13-18(20)23-21(26)25-12-11-24(17-8-9-17)14-19(25)15-5-3-2-4-6-15/h2-7,10,13,17,19H,8-9,11-12,14H2,1H3,(H,23,26). The van der Waals surface area contributed by atoms with Crippen molar-refractivity contribution in [1.29, 1.82) is 0 Å². The second-order valence-electron chi connectivity index (χ2n) is 7.12. The molecule has 1 heterocycles. The second-order valence-corrected chi connectivity index (χ2v) is 7.56. The van der Waals surface area contributed by atoms with Gasteiger partial charge < -0.3 is 15.0 Å². The SMILES string of the molecule is COc1ccc(Cl)cc1NC(=O)N1CCN(C2CC2)CC1c1ccccc1. The van der Waals surface area contributed by atoms with Crippen LogP contribution >= 0.6 is 11.6 Å². The van der Waals surface area contributed by atoms with Crippen LogP contribution in [0.1, 0.15) is 24.4 Å². The Morgan fingerprint density at radius 2 is 1.93 bits per heavy atom. The number of amides is 2. The van der Waals surface area contributed by atoms with E-state index in [2.05, 4.69) is 22.3 Å². The Hall–Kier alpha value is -2.24. The summed E-state index contributed by atoms with van der Waals surface area (Å²) in [5.41, 5.74) is 1.75. The van der Waals surface area contributed by atoms with Crippen molar-refractivity contribution >= 4 is 23.3 Å². The molecule has 4 rings (SSSR count). The monoisotopic (exact) mass is 385 g/mol. The van der Waals surface area contributed by atoms with E-state index in [-0.39, 0.29) is 12.1 Å². The lowest BCUT2D eigenvalue weighted by molar-refractivity contribution is 0.0954. The van der Waals surface area contributed by atoms with Gasteiger partial charge in [0.2, 0.25) is 0 Å². The number of benzene rings is 2. The Labute approximate surface area is 164 Å². The number of halogens is 1. The maximum absolute atomic E-state index is 13.1. The van der Waals surface area contributed by atoms with Crippen molar-refractivity contribution in [3.63, 3.8) is 0 Å². The highest BCUT2D eigenvalue weighted by Crippen LogP contribution is 2.34. The molecule has 2 aromatic rings. The number of urea groups is 1. The highest BCUT2D eigenvalue weighted by atomic mass is 35.5. The zero-order valence-corrected chi connectivity index (χ0v) is 16.2. The van der Waals surface area contributed by atoms with Crippen molar-refractivity contribution in [3.05, 3.63) is 59.1 Å². The van der Waals surface area contributed by atoms with Gasteiger partial charge >= 0.3 is 6.03 Å². The molecule has 5 nitrogen and oxygen atoms in total. The molecular formula is C21H24ClN3O2. The third-order valence-electron chi connectivity index (χ3n) is 5.32. The molecule has 1 unspecified atom stereocenters. The molecular weight excluding hydrogens is 362 g/mol. The Morgan fingerprint density at radius 1 is 1.15 bits per heavy atom. The first-order valence-corrected chi connectivity index (χ1v) is 9.73. The van der Waals surface area contributed by atoms with Gasteiger partial charge in [0.25, 0.3) is 0 Å². The minimum absolute atomic E-state index is 0.0331. The number of carbonyl (C=O) groups excluding carboxylic acids is 1. The molecule has 2 aromatic carbocycles. The molecule has 0 bridgehead atoms. The summed E-state index contributed by atoms with van der Waals surface area (Å²) < 4.78 is 5.36. The van der Waals surface area contributed by atoms with E-state index in [0.717, 1.165) is 18.7 Å². The van der Waals surface area contributed by atoms with E-state index in [0.29, 0.717) is 29.0 Å². The molecule has 1 aliphatic carbocycles. The maximum Gasteiger partial charge on any atom is 0.322 e. The molecule has 27 heavy (non-hydrogen) atoms. The fourth-order valence-corrected chi connectivity index (χ4v) is 3.92. The predicted molar refractivity (Wildman–Crippen MR) is 108 cm³/mol. The highest BCUT2D eigenvalue weighted by molar-refractivity contribution is 6.31. The van der Waals surface area contributed by atoms with E-state index in [9.17, 15) is 4.79 Å². The van der Waals surface area contributed by atoms with Crippen LogP contribution in [0, 0.1) is 0 Å². The van der Waals surface area contributed by atoms with Gasteiger partial charge in [-0.1, -0.05) is 41.9 Å². The smallest absolute Gasteiger partial charge is 0.322 e. The van der Waals surface area contributed by atoms with Gasteiger partial charge in [0.1, 0.15) is 5.75 Å². The number of nitrogens with zero attached hydrogens (tertiary/aromatic N) is 2. The molecule has 0 aromatic heterocycles. The zero-order chi connectivity index (χ0) is 18.8. The molecule has 0 spiro atoms. The van der Waals surface area contributed by atoms with E-state index >= 15 is 0 Å². The van der Waals surface area contributed by atoms with Crippen LogP contribution in [-0.4, -0.2) is 48.6 Å². The van der Waals surface area contributed by atoms with Crippen LogP contribution in [0.25, 0.3) is 0 Å². The summed E-state index contributed by atoms with van der Waals surface area (Å²) in [4.78, 5) is 17.6. The lowest BCUT2D eigenvalue weighted by Gasteiger charge is -2.41. The van der Waals surface area contributed by atoms with Gasteiger partial charge in [-0.25, -0.2) is 4.79 Å². The van der Waals surface area contributed by atoms with Crippen LogP contribution in [0.3, 0.4) is 0 Å². The Kier molecular flexibility index (Phi) is 5.23. The molecule has 2 fully saturated rings. The molecule has 1 aliphatic heterocycles. The van der Waals surface area contributed by atoms with E-state index in [1.807, 2.05) is 23.1 Å². The first-order valence-electron chi connectivity index (χ1n) is 9.36. The molecule has 142 valence electrons. The Balaban J connectivity index is 1.56. The topological polar surface area (TPSA) is 44.8 Å². The van der Waals surface area contributed by atoms with Crippen LogP contribution < -0.4 is 10.1 Å². The van der Waals surface area contributed by atoms with E-state index in [1.54, 1.807) is 25.3 Å². The minimum Gasteiger partial charge on any atom is -0.495 e. The van der Waals surface area contributed by atoms with Gasteiger partial charge in [-0.2, -0.15) is 0 Å². The van der Waals surface area contributed by atoms with Gasteiger partial charge in [0.15, 0.2) is 0 Å². The van der Waals surface area contributed by atoms with Crippen molar-refractivity contribution in [2.24, 2.45) is 0 Å². The fourth-order valence-electron chi connectivity index (χ4n) is 3.74. The molecule has 1 saturated carbocycles. The maximum atomic E-state index is 13.1. The average molecular weight is 386 g/mol. The number of carbonyl (C=O) groups is 1. The number of methoxy groups -OCH3 is 1. The van der Waals surface area contributed by atoms with Crippen molar-refractivity contribution < 1.29 is 9.53 Å². The number of piperazine rings is 1. The largest absolute Gasteiger partial charge is 0.495 e. The second kappa shape index (κ2) is 7.79. The third kappa shape index (κ3) is 4.04. The predicted octanol–water partition coefficient (Wildman–Crippen LogP) is 4.40. The number of hydrogen-bond donors (Lipinski definition) is 1. The lowest BCUT2D eigenvalue weighted by atomic mass is 10.0. The highest BCUT2D eigenvalue weighted by Gasteiger charge is 2.38. The fraction of sp³-hybridized carbons (Fsp3) is 0.381. The molecule has 0 radical (unpaired) electrons. The molecule has 1 N–H and O–H groups in total. The number of rotatable bonds is 4. The first-order chi connectivity index (χ1) is 13.2. The summed E-state index contributed by atoms with van der Waals surface area (Å²) in [6, 6.07) is 16.1. The van der Waals surface area contributed by atoms with Crippen LogP contribution in [0.4, 0.5) is 10.5 Å². The Bertz CT molecular complexity index is 810. The Morgan fingerprint density at radius 3 is 2.63 bits per heavy atom. The minimum atomic E-state index is -0.125. The van der Waals surface area contributed by atoms with Gasteiger partial charge in [-0.3, -0.25) is 4.90 Å².